The van der Waals surface area contributed by atoms with Gasteiger partial charge in [-0.3, -0.25) is 14.4 Å². The molecular formula is C27H30N2O7S. The summed E-state index contributed by atoms with van der Waals surface area (Å²) in [6.45, 7) is 4.40. The van der Waals surface area contributed by atoms with Crippen LogP contribution in [0.4, 0.5) is 0 Å². The molecule has 0 bridgehead atoms. The fraction of sp³-hybridized carbons (Fsp3) is 0.370. The van der Waals surface area contributed by atoms with Gasteiger partial charge in [0.2, 0.25) is 0 Å². The van der Waals surface area contributed by atoms with Crippen LogP contribution in [-0.4, -0.2) is 62.2 Å². The normalized spacial score (nSPS) is 17.8. The first kappa shape index (κ1) is 26.4. The van der Waals surface area contributed by atoms with Crippen molar-refractivity contribution in [3.05, 3.63) is 70.8 Å². The predicted molar refractivity (Wildman–Crippen MR) is 137 cm³/mol. The van der Waals surface area contributed by atoms with E-state index >= 15 is 0 Å². The monoisotopic (exact) mass is 526 g/mol. The summed E-state index contributed by atoms with van der Waals surface area (Å²) in [4.78, 5) is 39.5. The Morgan fingerprint density at radius 1 is 1.00 bits per heavy atom. The van der Waals surface area contributed by atoms with Crippen molar-refractivity contribution in [2.75, 3.05) is 26.8 Å². The Morgan fingerprint density at radius 2 is 1.62 bits per heavy atom. The van der Waals surface area contributed by atoms with Crippen molar-refractivity contribution in [2.45, 2.75) is 33.2 Å². The number of nitrogens with zero attached hydrogens (tertiary/aromatic N) is 2. The van der Waals surface area contributed by atoms with Gasteiger partial charge >= 0.3 is 5.97 Å². The number of carbonyl (C=O) groups is 3. The molecule has 0 atom stereocenters. The largest absolute Gasteiger partial charge is 0.497 e. The Hall–Kier alpha value is -3.66. The molecule has 0 spiro atoms. The van der Waals surface area contributed by atoms with Crippen molar-refractivity contribution in [3.63, 3.8) is 0 Å². The van der Waals surface area contributed by atoms with Crippen molar-refractivity contribution >= 4 is 32.7 Å². The molecule has 9 nitrogen and oxygen atoms in total. The minimum Gasteiger partial charge on any atom is -0.497 e. The lowest BCUT2D eigenvalue weighted by molar-refractivity contribution is -0.149. The third kappa shape index (κ3) is 5.24. The molecule has 0 N–H and O–H groups in total. The van der Waals surface area contributed by atoms with Gasteiger partial charge in [-0.2, -0.15) is 0 Å². The molecule has 2 heterocycles. The number of piperidine rings is 1. The van der Waals surface area contributed by atoms with Crippen LogP contribution in [0.15, 0.2) is 54.1 Å². The van der Waals surface area contributed by atoms with Crippen LogP contribution in [0.1, 0.15) is 48.2 Å². The molecule has 2 aliphatic heterocycles. The van der Waals surface area contributed by atoms with E-state index in [1.807, 2.05) is 0 Å². The van der Waals surface area contributed by atoms with Crippen LogP contribution < -0.4 is 4.74 Å². The molecule has 2 aromatic rings. The highest BCUT2D eigenvalue weighted by Gasteiger charge is 2.42. The Labute approximate surface area is 216 Å². The summed E-state index contributed by atoms with van der Waals surface area (Å²) in [5.74, 6) is -0.552. The SMILES string of the molecule is CCOC(=O)C1CCN(C(=O)c2ccc(CN3C(=O)C(C)=C(c4ccc(OC)cc4)S3(=O)=O)cc2)CC1. The standard InChI is InChI=1S/C27H30N2O7S/c1-4-36-27(32)22-13-15-28(16-14-22)26(31)21-7-5-19(6-8-21)17-29-25(30)18(2)24(37(29,33)34)20-9-11-23(35-3)12-10-20/h5-12,22H,4,13-17H2,1-3H3. The van der Waals surface area contributed by atoms with Gasteiger partial charge < -0.3 is 14.4 Å². The van der Waals surface area contributed by atoms with Crippen LogP contribution >= 0.6 is 0 Å². The molecule has 0 aliphatic carbocycles. The van der Waals surface area contributed by atoms with E-state index in [1.54, 1.807) is 60.4 Å². The average Bonchev–Trinajstić information content (AvgIpc) is 3.07. The Morgan fingerprint density at radius 3 is 2.19 bits per heavy atom. The topological polar surface area (TPSA) is 110 Å². The van der Waals surface area contributed by atoms with Gasteiger partial charge in [-0.25, -0.2) is 12.7 Å². The summed E-state index contributed by atoms with van der Waals surface area (Å²) < 4.78 is 37.7. The predicted octanol–water partition coefficient (Wildman–Crippen LogP) is 3.21. The maximum absolute atomic E-state index is 13.3. The van der Waals surface area contributed by atoms with Crippen LogP contribution in [0.25, 0.3) is 4.91 Å². The highest BCUT2D eigenvalue weighted by molar-refractivity contribution is 7.99. The van der Waals surface area contributed by atoms with Crippen LogP contribution in [0.2, 0.25) is 0 Å². The minimum atomic E-state index is -4.05. The number of amides is 2. The molecule has 2 aliphatic rings. The van der Waals surface area contributed by atoms with Crippen molar-refractivity contribution < 1.29 is 32.3 Å². The number of esters is 1. The molecule has 1 fully saturated rings. The Kier molecular flexibility index (Phi) is 7.68. The van der Waals surface area contributed by atoms with Gasteiger partial charge in [0.15, 0.2) is 0 Å². The van der Waals surface area contributed by atoms with Gasteiger partial charge in [0.1, 0.15) is 10.7 Å². The van der Waals surface area contributed by atoms with Gasteiger partial charge in [-0.1, -0.05) is 12.1 Å². The third-order valence-corrected chi connectivity index (χ3v) is 8.65. The number of likely N-dealkylation sites (tertiary alicyclic amines) is 1. The second kappa shape index (κ2) is 10.8. The summed E-state index contributed by atoms with van der Waals surface area (Å²) in [5.41, 5.74) is 1.62. The van der Waals surface area contributed by atoms with Crippen LogP contribution in [0, 0.1) is 5.92 Å². The van der Waals surface area contributed by atoms with Gasteiger partial charge in [0.05, 0.1) is 26.2 Å². The number of ether oxygens (including phenoxy) is 2. The van der Waals surface area contributed by atoms with E-state index in [0.717, 1.165) is 4.31 Å². The fourth-order valence-corrected chi connectivity index (χ4v) is 6.44. The summed E-state index contributed by atoms with van der Waals surface area (Å²) in [6, 6.07) is 13.1. The first-order chi connectivity index (χ1) is 17.7. The molecule has 37 heavy (non-hydrogen) atoms. The van der Waals surface area contributed by atoms with E-state index in [1.165, 1.54) is 14.0 Å². The van der Waals surface area contributed by atoms with Crippen LogP contribution in [-0.2, 0) is 30.9 Å². The van der Waals surface area contributed by atoms with Crippen molar-refractivity contribution in [1.29, 1.82) is 0 Å². The molecule has 0 unspecified atom stereocenters. The van der Waals surface area contributed by atoms with E-state index in [-0.39, 0.29) is 34.8 Å². The number of benzene rings is 2. The van der Waals surface area contributed by atoms with Gasteiger partial charge in [0.25, 0.3) is 21.8 Å². The van der Waals surface area contributed by atoms with E-state index < -0.39 is 15.9 Å². The second-order valence-corrected chi connectivity index (χ2v) is 10.8. The number of sulfonamides is 1. The van der Waals surface area contributed by atoms with Gasteiger partial charge in [0, 0.05) is 24.2 Å². The molecule has 0 saturated carbocycles. The zero-order chi connectivity index (χ0) is 26.7. The van der Waals surface area contributed by atoms with E-state index in [4.69, 9.17) is 9.47 Å². The lowest BCUT2D eigenvalue weighted by atomic mass is 9.96. The van der Waals surface area contributed by atoms with Gasteiger partial charge in [-0.15, -0.1) is 0 Å². The smallest absolute Gasteiger partial charge is 0.309 e. The fourth-order valence-electron chi connectivity index (χ4n) is 4.64. The van der Waals surface area contributed by atoms with Crippen molar-refractivity contribution in [1.82, 2.24) is 9.21 Å². The highest BCUT2D eigenvalue weighted by atomic mass is 32.2. The molecule has 196 valence electrons. The number of carbonyl (C=O) groups excluding carboxylic acids is 3. The zero-order valence-electron chi connectivity index (χ0n) is 21.1. The van der Waals surface area contributed by atoms with E-state index in [2.05, 4.69) is 0 Å². The van der Waals surface area contributed by atoms with E-state index in [9.17, 15) is 22.8 Å². The zero-order valence-corrected chi connectivity index (χ0v) is 21.9. The molecule has 2 aromatic carbocycles. The number of rotatable bonds is 7. The maximum atomic E-state index is 13.3. The molecular weight excluding hydrogens is 496 g/mol. The molecule has 0 aromatic heterocycles. The summed E-state index contributed by atoms with van der Waals surface area (Å²) in [7, 11) is -2.53. The second-order valence-electron chi connectivity index (χ2n) is 9.01. The van der Waals surface area contributed by atoms with Crippen LogP contribution in [0.5, 0.6) is 5.75 Å². The van der Waals surface area contributed by atoms with E-state index in [0.29, 0.717) is 55.0 Å². The first-order valence-corrected chi connectivity index (χ1v) is 13.6. The summed E-state index contributed by atoms with van der Waals surface area (Å²) in [6.07, 6.45) is 1.11. The maximum Gasteiger partial charge on any atom is 0.309 e. The lowest BCUT2D eigenvalue weighted by Gasteiger charge is -2.31. The number of hydrogen-bond donors (Lipinski definition) is 0. The Bertz CT molecular complexity index is 1320. The Balaban J connectivity index is 1.43. The number of methoxy groups -OCH3 is 1. The quantitative estimate of drug-likeness (QED) is 0.510. The summed E-state index contributed by atoms with van der Waals surface area (Å²) >= 11 is 0. The van der Waals surface area contributed by atoms with Crippen molar-refractivity contribution in [3.8, 4) is 5.75 Å². The molecule has 2 amide bonds. The first-order valence-electron chi connectivity index (χ1n) is 12.1. The molecule has 10 heteroatoms. The molecule has 4 rings (SSSR count). The molecule has 1 saturated heterocycles. The third-order valence-electron chi connectivity index (χ3n) is 6.72. The lowest BCUT2D eigenvalue weighted by Crippen LogP contribution is -2.40. The van der Waals surface area contributed by atoms with Gasteiger partial charge in [-0.05, 0) is 74.2 Å². The molecule has 0 radical (unpaired) electrons. The minimum absolute atomic E-state index is 0.0156. The average molecular weight is 527 g/mol. The van der Waals surface area contributed by atoms with Crippen molar-refractivity contribution in [2.24, 2.45) is 5.92 Å². The summed E-state index contributed by atoms with van der Waals surface area (Å²) in [5, 5.41) is 0. The van der Waals surface area contributed by atoms with Crippen LogP contribution in [0.3, 0.4) is 0 Å². The number of hydrogen-bond acceptors (Lipinski definition) is 7. The highest BCUT2D eigenvalue weighted by Crippen LogP contribution is 2.37.